The van der Waals surface area contributed by atoms with Crippen LogP contribution < -0.4 is 0 Å². The highest BCUT2D eigenvalue weighted by Crippen LogP contribution is 2.55. The van der Waals surface area contributed by atoms with Crippen molar-refractivity contribution in [2.45, 2.75) is 49.4 Å². The van der Waals surface area contributed by atoms with E-state index in [0.29, 0.717) is 11.8 Å². The van der Waals surface area contributed by atoms with E-state index in [1.54, 1.807) is 0 Å². The Morgan fingerprint density at radius 3 is 1.96 bits per heavy atom. The molecule has 10 heteroatoms. The number of hydrogen-bond acceptors (Lipinski definition) is 6. The molecule has 0 aliphatic heterocycles. The van der Waals surface area contributed by atoms with Crippen molar-refractivity contribution in [2.75, 3.05) is 0 Å². The molecular formula is C13H16F4O5S. The molecule has 4 saturated carbocycles. The van der Waals surface area contributed by atoms with Gasteiger partial charge in [-0.25, -0.2) is 14.4 Å². The third-order valence-corrected chi connectivity index (χ3v) is 5.95. The molecule has 0 radical (unpaired) electrons. The SMILES string of the molecule is O=C(OC1C2CC3CC(C2)CC1C3)C(F)(SOOO)C(F)(F)F. The van der Waals surface area contributed by atoms with Crippen molar-refractivity contribution in [3.05, 3.63) is 0 Å². The molecule has 0 aromatic rings. The number of halogens is 4. The number of ether oxygens (including phenoxy) is 1. The topological polar surface area (TPSA) is 65.0 Å². The summed E-state index contributed by atoms with van der Waals surface area (Å²) in [4.78, 5) is 11.9. The average Bonchev–Trinajstić information content (AvgIpc) is 2.46. The van der Waals surface area contributed by atoms with Crippen molar-refractivity contribution in [1.29, 1.82) is 0 Å². The molecule has 0 aromatic carbocycles. The molecule has 1 unspecified atom stereocenters. The first-order valence-electron chi connectivity index (χ1n) is 7.37. The summed E-state index contributed by atoms with van der Waals surface area (Å²) in [6, 6.07) is 0. The van der Waals surface area contributed by atoms with E-state index in [9.17, 15) is 22.4 Å². The fraction of sp³-hybridized carbons (Fsp3) is 0.923. The average molecular weight is 360 g/mol. The minimum Gasteiger partial charge on any atom is -0.458 e. The van der Waals surface area contributed by atoms with E-state index in [4.69, 9.17) is 9.99 Å². The number of esters is 1. The van der Waals surface area contributed by atoms with Crippen molar-refractivity contribution >= 4 is 18.0 Å². The van der Waals surface area contributed by atoms with E-state index in [1.165, 1.54) is 0 Å². The van der Waals surface area contributed by atoms with Crippen molar-refractivity contribution in [1.82, 2.24) is 0 Å². The van der Waals surface area contributed by atoms with Crippen LogP contribution in [0, 0.1) is 23.7 Å². The van der Waals surface area contributed by atoms with E-state index in [2.05, 4.69) is 9.37 Å². The van der Waals surface area contributed by atoms with Gasteiger partial charge in [-0.1, -0.05) is 5.04 Å². The van der Waals surface area contributed by atoms with Crippen LogP contribution in [0.3, 0.4) is 0 Å². The standard InChI is InChI=1S/C13H16F4O5S/c14-12(13(15,16)17,23-22-21-19)11(18)20-10-8-2-6-1-7(4-8)5-9(10)3-6/h6-10,19H,1-5H2. The van der Waals surface area contributed by atoms with Gasteiger partial charge in [-0.2, -0.15) is 13.2 Å². The van der Waals surface area contributed by atoms with E-state index in [0.717, 1.165) is 32.1 Å². The number of carbonyl (C=O) groups excluding carboxylic acids is 1. The monoisotopic (exact) mass is 360 g/mol. The van der Waals surface area contributed by atoms with Gasteiger partial charge in [-0.05, 0) is 55.8 Å². The lowest BCUT2D eigenvalue weighted by Crippen LogP contribution is -2.54. The highest BCUT2D eigenvalue weighted by atomic mass is 32.2. The molecule has 0 amide bonds. The first-order valence-corrected chi connectivity index (χ1v) is 8.11. The van der Waals surface area contributed by atoms with Crippen molar-refractivity contribution in [3.8, 4) is 0 Å². The fourth-order valence-electron chi connectivity index (χ4n) is 4.53. The van der Waals surface area contributed by atoms with Gasteiger partial charge < -0.3 is 4.74 Å². The van der Waals surface area contributed by atoms with Crippen LogP contribution in [0.25, 0.3) is 0 Å². The number of carbonyl (C=O) groups is 1. The maximum absolute atomic E-state index is 14.1. The van der Waals surface area contributed by atoms with Gasteiger partial charge in [0.15, 0.2) is 0 Å². The zero-order chi connectivity index (χ0) is 16.8. The lowest BCUT2D eigenvalue weighted by atomic mass is 9.55. The van der Waals surface area contributed by atoms with Gasteiger partial charge >= 0.3 is 17.1 Å². The van der Waals surface area contributed by atoms with Crippen molar-refractivity contribution < 1.29 is 41.7 Å². The van der Waals surface area contributed by atoms with E-state index in [-0.39, 0.29) is 11.8 Å². The Morgan fingerprint density at radius 1 is 1.00 bits per heavy atom. The molecular weight excluding hydrogens is 344 g/mol. The second-order valence-electron chi connectivity index (χ2n) is 6.62. The number of rotatable bonds is 5. The third kappa shape index (κ3) is 3.06. The minimum absolute atomic E-state index is 0.00676. The van der Waals surface area contributed by atoms with Crippen molar-refractivity contribution in [2.24, 2.45) is 23.7 Å². The van der Waals surface area contributed by atoms with Gasteiger partial charge in [-0.15, -0.1) is 4.33 Å². The highest BCUT2D eigenvalue weighted by Gasteiger charge is 2.67. The maximum atomic E-state index is 14.1. The summed E-state index contributed by atoms with van der Waals surface area (Å²) in [5.74, 6) is -1.01. The quantitative estimate of drug-likeness (QED) is 0.265. The second-order valence-corrected chi connectivity index (χ2v) is 7.48. The van der Waals surface area contributed by atoms with Crippen LogP contribution in [0.5, 0.6) is 0 Å². The van der Waals surface area contributed by atoms with Crippen LogP contribution >= 0.6 is 12.0 Å². The lowest BCUT2D eigenvalue weighted by Gasteiger charge is -2.53. The Morgan fingerprint density at radius 2 is 1.52 bits per heavy atom. The molecule has 4 bridgehead atoms. The maximum Gasteiger partial charge on any atom is 0.446 e. The highest BCUT2D eigenvalue weighted by molar-refractivity contribution is 7.96. The molecule has 4 rings (SSSR count). The molecule has 0 spiro atoms. The number of hydrogen-bond donors (Lipinski definition) is 1. The molecule has 23 heavy (non-hydrogen) atoms. The minimum atomic E-state index is -5.57. The van der Waals surface area contributed by atoms with Crippen LogP contribution in [0.1, 0.15) is 32.1 Å². The third-order valence-electron chi connectivity index (χ3n) is 5.19. The molecule has 4 fully saturated rings. The van der Waals surface area contributed by atoms with Crippen molar-refractivity contribution in [3.63, 3.8) is 0 Å². The summed E-state index contributed by atoms with van der Waals surface area (Å²) in [5.41, 5.74) is 0. The Hall–Kier alpha value is -0.580. The zero-order valence-corrected chi connectivity index (χ0v) is 12.7. The summed E-state index contributed by atoms with van der Waals surface area (Å²) >= 11 is -0.974. The summed E-state index contributed by atoms with van der Waals surface area (Å²) in [7, 11) is 0. The largest absolute Gasteiger partial charge is 0.458 e. The molecule has 5 nitrogen and oxygen atoms in total. The van der Waals surface area contributed by atoms with Crippen LogP contribution in [-0.4, -0.2) is 28.5 Å². The second kappa shape index (κ2) is 6.05. The normalized spacial score (nSPS) is 38.4. The summed E-state index contributed by atoms with van der Waals surface area (Å²) in [6.45, 7) is 0. The molecule has 1 N–H and O–H groups in total. The van der Waals surface area contributed by atoms with Gasteiger partial charge in [0.25, 0.3) is 0 Å². The van der Waals surface area contributed by atoms with Gasteiger partial charge in [0.1, 0.15) is 6.10 Å². The Labute approximate surface area is 133 Å². The zero-order valence-electron chi connectivity index (χ0n) is 11.9. The Kier molecular flexibility index (Phi) is 4.54. The predicted octanol–water partition coefficient (Wildman–Crippen LogP) is 3.65. The predicted molar refractivity (Wildman–Crippen MR) is 69.2 cm³/mol. The molecule has 4 aliphatic rings. The molecule has 0 aromatic heterocycles. The smallest absolute Gasteiger partial charge is 0.446 e. The Bertz CT molecular complexity index is 446. The van der Waals surface area contributed by atoms with E-state index >= 15 is 0 Å². The van der Waals surface area contributed by atoms with Crippen LogP contribution in [0.4, 0.5) is 17.6 Å². The summed E-state index contributed by atoms with van der Waals surface area (Å²) < 4.78 is 61.3. The molecule has 4 aliphatic carbocycles. The number of alkyl halides is 4. The molecule has 132 valence electrons. The van der Waals surface area contributed by atoms with Crippen LogP contribution in [0.2, 0.25) is 0 Å². The van der Waals surface area contributed by atoms with Crippen LogP contribution in [0.15, 0.2) is 0 Å². The molecule has 0 heterocycles. The van der Waals surface area contributed by atoms with E-state index in [1.807, 2.05) is 0 Å². The lowest BCUT2D eigenvalue weighted by molar-refractivity contribution is -0.433. The first kappa shape index (κ1) is 17.2. The molecule has 0 saturated heterocycles. The van der Waals surface area contributed by atoms with Gasteiger partial charge in [0.05, 0.1) is 12.0 Å². The van der Waals surface area contributed by atoms with Gasteiger partial charge in [-0.3, -0.25) is 0 Å². The summed E-state index contributed by atoms with van der Waals surface area (Å²) in [6.07, 6.45) is -1.91. The Balaban J connectivity index is 1.72. The van der Waals surface area contributed by atoms with Gasteiger partial charge in [0, 0.05) is 0 Å². The fourth-order valence-corrected chi connectivity index (χ4v) is 4.86. The first-order chi connectivity index (χ1) is 10.7. The van der Waals surface area contributed by atoms with E-state index < -0.39 is 35.3 Å². The summed E-state index contributed by atoms with van der Waals surface area (Å²) in [5, 5.41) is 6.46. The van der Waals surface area contributed by atoms with Gasteiger partial charge in [0.2, 0.25) is 0 Å². The van der Waals surface area contributed by atoms with Crippen LogP contribution in [-0.2, 0) is 18.9 Å². The molecule has 1 atom stereocenters.